The highest BCUT2D eigenvalue weighted by Gasteiger charge is 1.87. The Morgan fingerprint density at radius 3 is 2.08 bits per heavy atom. The van der Waals surface area contributed by atoms with E-state index in [1.165, 1.54) is 0 Å². The molecule has 0 amide bonds. The van der Waals surface area contributed by atoms with E-state index in [-0.39, 0.29) is 6.47 Å². The van der Waals surface area contributed by atoms with Crippen LogP contribution in [0.25, 0.3) is 0 Å². The van der Waals surface area contributed by atoms with E-state index >= 15 is 0 Å². The average molecular weight is 188 g/mol. The normalized spacial score (nSPS) is 7.75. The fourth-order valence-electron chi connectivity index (χ4n) is 0.502. The van der Waals surface area contributed by atoms with Crippen LogP contribution in [0.15, 0.2) is 29.4 Å². The number of hydrogen-bond acceptors (Lipinski definition) is 3. The van der Waals surface area contributed by atoms with Gasteiger partial charge in [0.15, 0.2) is 0 Å². The minimum absolute atomic E-state index is 0.250. The minimum Gasteiger partial charge on any atom is -0.483 e. The Balaban J connectivity index is 0.000000354. The van der Waals surface area contributed by atoms with Gasteiger partial charge in [-0.15, -0.1) is 4.91 Å². The van der Waals surface area contributed by atoms with Crippen LogP contribution in [0.5, 0.6) is 0 Å². The van der Waals surface area contributed by atoms with E-state index in [2.05, 4.69) is 5.18 Å². The third-order valence-electron chi connectivity index (χ3n) is 0.932. The zero-order valence-corrected chi connectivity index (χ0v) is 6.73. The highest BCUT2D eigenvalue weighted by molar-refractivity contribution is 6.30. The van der Waals surface area contributed by atoms with Gasteiger partial charge in [0.1, 0.15) is 5.69 Å². The third kappa shape index (κ3) is 4.40. The van der Waals surface area contributed by atoms with Gasteiger partial charge in [-0.3, -0.25) is 4.79 Å². The first-order valence-corrected chi connectivity index (χ1v) is 3.29. The van der Waals surface area contributed by atoms with Crippen LogP contribution in [0.2, 0.25) is 5.02 Å². The van der Waals surface area contributed by atoms with Crippen molar-refractivity contribution in [3.8, 4) is 0 Å². The maximum absolute atomic E-state index is 9.82. The van der Waals surface area contributed by atoms with Crippen molar-refractivity contribution >= 4 is 23.8 Å². The van der Waals surface area contributed by atoms with Gasteiger partial charge in [-0.1, -0.05) is 11.6 Å². The quantitative estimate of drug-likeness (QED) is 0.542. The molecule has 0 atom stereocenters. The summed E-state index contributed by atoms with van der Waals surface area (Å²) in [6.07, 6.45) is 0. The molecule has 0 spiro atoms. The third-order valence-corrected chi connectivity index (χ3v) is 1.18. The van der Waals surface area contributed by atoms with E-state index in [0.717, 1.165) is 0 Å². The van der Waals surface area contributed by atoms with Crippen molar-refractivity contribution in [3.63, 3.8) is 0 Å². The molecule has 0 saturated heterocycles. The lowest BCUT2D eigenvalue weighted by molar-refractivity contribution is -0.122. The molecule has 1 aromatic rings. The summed E-state index contributed by atoms with van der Waals surface area (Å²) >= 11 is 5.52. The summed E-state index contributed by atoms with van der Waals surface area (Å²) in [5, 5.41) is 10.2. The lowest BCUT2D eigenvalue weighted by atomic mass is 10.3. The van der Waals surface area contributed by atoms with Gasteiger partial charge in [0.05, 0.1) is 0 Å². The Morgan fingerprint density at radius 2 is 1.75 bits per heavy atom. The molecule has 1 N–H and O–H groups in total. The minimum atomic E-state index is -0.250. The molecule has 0 unspecified atom stereocenters. The SMILES string of the molecule is O=CO.O=Nc1ccc(Cl)cc1. The molecule has 12 heavy (non-hydrogen) atoms. The van der Waals surface area contributed by atoms with E-state index in [9.17, 15) is 4.91 Å². The van der Waals surface area contributed by atoms with Gasteiger partial charge in [-0.2, -0.15) is 0 Å². The van der Waals surface area contributed by atoms with Gasteiger partial charge in [-0.25, -0.2) is 0 Å². The molecule has 1 aromatic carbocycles. The van der Waals surface area contributed by atoms with Gasteiger partial charge < -0.3 is 5.11 Å². The zero-order chi connectivity index (χ0) is 9.40. The summed E-state index contributed by atoms with van der Waals surface area (Å²) in [6, 6.07) is 6.38. The van der Waals surface area contributed by atoms with Gasteiger partial charge in [0, 0.05) is 5.02 Å². The van der Waals surface area contributed by atoms with Crippen LogP contribution in [0.1, 0.15) is 0 Å². The first kappa shape index (κ1) is 10.6. The molecule has 0 heterocycles. The molecule has 0 aliphatic carbocycles. The van der Waals surface area contributed by atoms with Crippen molar-refractivity contribution in [2.45, 2.75) is 0 Å². The lowest BCUT2D eigenvalue weighted by Crippen LogP contribution is -1.61. The van der Waals surface area contributed by atoms with Crippen LogP contribution in [-0.2, 0) is 4.79 Å². The number of nitrogens with zero attached hydrogens (tertiary/aromatic N) is 1. The second kappa shape index (κ2) is 6.30. The summed E-state index contributed by atoms with van der Waals surface area (Å²) in [5.74, 6) is 0. The Kier molecular flexibility index (Phi) is 5.55. The fourth-order valence-corrected chi connectivity index (χ4v) is 0.628. The van der Waals surface area contributed by atoms with Crippen molar-refractivity contribution in [2.24, 2.45) is 5.18 Å². The molecule has 64 valence electrons. The van der Waals surface area contributed by atoms with E-state index in [1.807, 2.05) is 0 Å². The molecule has 4 nitrogen and oxygen atoms in total. The molecule has 0 aliphatic heterocycles. The number of halogens is 1. The van der Waals surface area contributed by atoms with Crippen molar-refractivity contribution in [1.82, 2.24) is 0 Å². The highest BCUT2D eigenvalue weighted by Crippen LogP contribution is 2.14. The van der Waals surface area contributed by atoms with Crippen LogP contribution >= 0.6 is 11.6 Å². The average Bonchev–Trinajstić information content (AvgIpc) is 2.07. The van der Waals surface area contributed by atoms with E-state index < -0.39 is 0 Å². The predicted molar refractivity (Wildman–Crippen MR) is 45.6 cm³/mol. The first-order chi connectivity index (χ1) is 5.74. The molecular formula is C7H6ClNO3. The monoisotopic (exact) mass is 187 g/mol. The van der Waals surface area contributed by atoms with E-state index in [4.69, 9.17) is 21.5 Å². The summed E-state index contributed by atoms with van der Waals surface area (Å²) in [7, 11) is 0. The fraction of sp³-hybridized carbons (Fsp3) is 0. The van der Waals surface area contributed by atoms with E-state index in [1.54, 1.807) is 24.3 Å². The summed E-state index contributed by atoms with van der Waals surface area (Å²) < 4.78 is 0. The van der Waals surface area contributed by atoms with E-state index in [0.29, 0.717) is 10.7 Å². The molecule has 0 saturated carbocycles. The topological polar surface area (TPSA) is 66.7 Å². The molecule has 0 aliphatic rings. The second-order valence-electron chi connectivity index (χ2n) is 1.67. The predicted octanol–water partition coefficient (Wildman–Crippen LogP) is 2.44. The van der Waals surface area contributed by atoms with Crippen LogP contribution in [0.3, 0.4) is 0 Å². The standard InChI is InChI=1S/C6H4ClNO.CH2O2/c7-5-1-3-6(8-9)4-2-5;2-1-3/h1-4H;1H,(H,2,3). The molecule has 0 aromatic heterocycles. The van der Waals surface area contributed by atoms with Crippen molar-refractivity contribution in [2.75, 3.05) is 0 Å². The van der Waals surface area contributed by atoms with Crippen LogP contribution in [0, 0.1) is 4.91 Å². The zero-order valence-electron chi connectivity index (χ0n) is 5.98. The number of benzene rings is 1. The van der Waals surface area contributed by atoms with Crippen molar-refractivity contribution < 1.29 is 9.90 Å². The maximum atomic E-state index is 9.82. The lowest BCUT2D eigenvalue weighted by Gasteiger charge is -1.86. The van der Waals surface area contributed by atoms with Crippen LogP contribution in [0.4, 0.5) is 5.69 Å². The van der Waals surface area contributed by atoms with Gasteiger partial charge in [-0.05, 0) is 29.4 Å². The summed E-state index contributed by atoms with van der Waals surface area (Å²) in [4.78, 5) is 18.2. The van der Waals surface area contributed by atoms with Gasteiger partial charge >= 0.3 is 0 Å². The number of rotatable bonds is 1. The largest absolute Gasteiger partial charge is 0.483 e. The number of nitroso groups, excluding NO2 is 1. The Morgan fingerprint density at radius 1 is 1.33 bits per heavy atom. The summed E-state index contributed by atoms with van der Waals surface area (Å²) in [5.41, 5.74) is 0.402. The van der Waals surface area contributed by atoms with Gasteiger partial charge in [0.25, 0.3) is 6.47 Å². The molecule has 0 radical (unpaired) electrons. The summed E-state index contributed by atoms with van der Waals surface area (Å²) in [6.45, 7) is -0.250. The first-order valence-electron chi connectivity index (χ1n) is 2.91. The second-order valence-corrected chi connectivity index (χ2v) is 2.11. The molecule has 1 rings (SSSR count). The van der Waals surface area contributed by atoms with Crippen LogP contribution in [-0.4, -0.2) is 11.6 Å². The molecule has 5 heteroatoms. The van der Waals surface area contributed by atoms with Crippen LogP contribution < -0.4 is 0 Å². The van der Waals surface area contributed by atoms with Crippen molar-refractivity contribution in [3.05, 3.63) is 34.2 Å². The molecular weight excluding hydrogens is 182 g/mol. The molecule has 0 bridgehead atoms. The highest BCUT2D eigenvalue weighted by atomic mass is 35.5. The smallest absolute Gasteiger partial charge is 0.290 e. The van der Waals surface area contributed by atoms with Gasteiger partial charge in [0.2, 0.25) is 0 Å². The Hall–Kier alpha value is -1.42. The van der Waals surface area contributed by atoms with Crippen molar-refractivity contribution in [1.29, 1.82) is 0 Å². The molecule has 0 fully saturated rings. The Bertz CT molecular complexity index is 247. The number of carbonyl (C=O) groups is 1. The number of hydrogen-bond donors (Lipinski definition) is 1. The Labute approximate surface area is 73.8 Å². The maximum Gasteiger partial charge on any atom is 0.290 e. The number of carboxylic acid groups (broad SMARTS) is 1.